The second-order valence-electron chi connectivity index (χ2n) is 7.12. The number of benzene rings is 1. The lowest BCUT2D eigenvalue weighted by Crippen LogP contribution is -2.41. The Morgan fingerprint density at radius 1 is 1.27 bits per heavy atom. The van der Waals surface area contributed by atoms with Gasteiger partial charge in [-0.05, 0) is 55.2 Å². The van der Waals surface area contributed by atoms with Crippen molar-refractivity contribution in [3.63, 3.8) is 0 Å². The molecule has 3 aliphatic heterocycles. The van der Waals surface area contributed by atoms with Gasteiger partial charge in [-0.15, -0.1) is 0 Å². The van der Waals surface area contributed by atoms with Gasteiger partial charge < -0.3 is 10.2 Å². The van der Waals surface area contributed by atoms with E-state index in [1.165, 1.54) is 36.8 Å². The second-order valence-corrected chi connectivity index (χ2v) is 7.53. The molecule has 1 aromatic carbocycles. The zero-order chi connectivity index (χ0) is 15.1. The van der Waals surface area contributed by atoms with Gasteiger partial charge in [0.15, 0.2) is 0 Å². The molecule has 4 rings (SSSR count). The van der Waals surface area contributed by atoms with Gasteiger partial charge in [0.2, 0.25) is 5.91 Å². The van der Waals surface area contributed by atoms with E-state index in [1.807, 2.05) is 17.0 Å². The minimum absolute atomic E-state index is 0.330. The maximum Gasteiger partial charge on any atom is 0.223 e. The summed E-state index contributed by atoms with van der Waals surface area (Å²) < 4.78 is 0. The Hall–Kier alpha value is -1.06. The second kappa shape index (κ2) is 5.86. The third-order valence-corrected chi connectivity index (χ3v) is 5.95. The summed E-state index contributed by atoms with van der Waals surface area (Å²) in [6.45, 7) is 1.54. The van der Waals surface area contributed by atoms with Crippen LogP contribution in [0.2, 0.25) is 5.02 Å². The van der Waals surface area contributed by atoms with Gasteiger partial charge in [-0.3, -0.25) is 4.79 Å². The van der Waals surface area contributed by atoms with E-state index in [0.717, 1.165) is 31.0 Å². The molecule has 2 bridgehead atoms. The number of nitrogens with one attached hydrogen (secondary N) is 1. The fraction of sp³-hybridized carbons (Fsp3) is 0.611. The Morgan fingerprint density at radius 2 is 2.05 bits per heavy atom. The van der Waals surface area contributed by atoms with Crippen LogP contribution in [0.25, 0.3) is 0 Å². The first-order valence-corrected chi connectivity index (χ1v) is 8.87. The molecular weight excluding hydrogens is 296 g/mol. The summed E-state index contributed by atoms with van der Waals surface area (Å²) in [7, 11) is 0. The van der Waals surface area contributed by atoms with Crippen LogP contribution in [0.4, 0.5) is 0 Å². The maximum absolute atomic E-state index is 12.7. The van der Waals surface area contributed by atoms with Crippen molar-refractivity contribution < 1.29 is 4.79 Å². The number of halogens is 1. The first kappa shape index (κ1) is 14.5. The minimum Gasteiger partial charge on any atom is -0.338 e. The molecular formula is C18H23ClN2O. The molecule has 0 saturated carbocycles. The normalized spacial score (nSPS) is 30.2. The van der Waals surface area contributed by atoms with E-state index >= 15 is 0 Å². The highest BCUT2D eigenvalue weighted by Crippen LogP contribution is 2.33. The highest BCUT2D eigenvalue weighted by Gasteiger charge is 2.35. The van der Waals surface area contributed by atoms with Gasteiger partial charge in [0.05, 0.1) is 0 Å². The zero-order valence-electron chi connectivity index (χ0n) is 12.9. The van der Waals surface area contributed by atoms with Crippen molar-refractivity contribution in [2.75, 3.05) is 6.54 Å². The van der Waals surface area contributed by atoms with Gasteiger partial charge in [-0.25, -0.2) is 0 Å². The summed E-state index contributed by atoms with van der Waals surface area (Å²) in [6, 6.07) is 7.36. The van der Waals surface area contributed by atoms with Crippen LogP contribution in [-0.4, -0.2) is 29.4 Å². The smallest absolute Gasteiger partial charge is 0.223 e. The fourth-order valence-corrected chi connectivity index (χ4v) is 4.78. The van der Waals surface area contributed by atoms with Crippen molar-refractivity contribution >= 4 is 17.5 Å². The number of carbonyl (C=O) groups is 1. The van der Waals surface area contributed by atoms with Crippen LogP contribution in [-0.2, 0) is 17.8 Å². The number of piperidine rings is 1. The Morgan fingerprint density at radius 3 is 2.82 bits per heavy atom. The molecule has 0 aromatic heterocycles. The molecule has 4 heteroatoms. The predicted octanol–water partition coefficient (Wildman–Crippen LogP) is 3.15. The summed E-state index contributed by atoms with van der Waals surface area (Å²) in [4.78, 5) is 14.7. The van der Waals surface area contributed by atoms with Gasteiger partial charge in [0.1, 0.15) is 0 Å². The molecule has 1 amide bonds. The monoisotopic (exact) mass is 318 g/mol. The van der Waals surface area contributed by atoms with Gasteiger partial charge >= 0.3 is 0 Å². The quantitative estimate of drug-likeness (QED) is 0.908. The minimum atomic E-state index is 0.330. The SMILES string of the molecule is O=C(CC1CC2CCC(C1)N2)N1CCc2c(Cl)cccc2C1. The van der Waals surface area contributed by atoms with Gasteiger partial charge in [-0.2, -0.15) is 0 Å². The van der Waals surface area contributed by atoms with E-state index in [1.54, 1.807) is 0 Å². The van der Waals surface area contributed by atoms with Gasteiger partial charge in [-0.1, -0.05) is 23.7 Å². The van der Waals surface area contributed by atoms with Crippen LogP contribution in [0, 0.1) is 5.92 Å². The summed E-state index contributed by atoms with van der Waals surface area (Å²) in [5.41, 5.74) is 2.45. The predicted molar refractivity (Wildman–Crippen MR) is 87.9 cm³/mol. The van der Waals surface area contributed by atoms with Gasteiger partial charge in [0.25, 0.3) is 0 Å². The number of carbonyl (C=O) groups excluding carboxylic acids is 1. The van der Waals surface area contributed by atoms with E-state index in [9.17, 15) is 4.79 Å². The molecule has 0 radical (unpaired) electrons. The van der Waals surface area contributed by atoms with Crippen molar-refractivity contribution in [1.29, 1.82) is 0 Å². The standard InChI is InChI=1S/C18H23ClN2O/c19-17-3-1-2-13-11-21(7-6-16(13)17)18(22)10-12-8-14-4-5-15(9-12)20-14/h1-3,12,14-15,20H,4-11H2. The lowest BCUT2D eigenvalue weighted by atomic mass is 9.89. The molecule has 0 aliphatic carbocycles. The van der Waals surface area contributed by atoms with Crippen LogP contribution in [0.1, 0.15) is 43.2 Å². The molecule has 1 N–H and O–H groups in total. The average molecular weight is 319 g/mol. The third kappa shape index (κ3) is 2.77. The molecule has 2 unspecified atom stereocenters. The van der Waals surface area contributed by atoms with E-state index in [2.05, 4.69) is 11.4 Å². The summed E-state index contributed by atoms with van der Waals surface area (Å²) in [6.07, 6.45) is 6.57. The van der Waals surface area contributed by atoms with Crippen LogP contribution >= 0.6 is 11.6 Å². The molecule has 3 heterocycles. The maximum atomic E-state index is 12.7. The van der Waals surface area contributed by atoms with E-state index in [4.69, 9.17) is 11.6 Å². The average Bonchev–Trinajstić information content (AvgIpc) is 2.86. The molecule has 0 spiro atoms. The number of hydrogen-bond donors (Lipinski definition) is 1. The molecule has 2 fully saturated rings. The topological polar surface area (TPSA) is 32.3 Å². The molecule has 3 nitrogen and oxygen atoms in total. The fourth-order valence-electron chi connectivity index (χ4n) is 4.49. The van der Waals surface area contributed by atoms with Crippen molar-refractivity contribution in [3.8, 4) is 0 Å². The van der Waals surface area contributed by atoms with Gasteiger partial charge in [0, 0.05) is 36.6 Å². The number of amides is 1. The van der Waals surface area contributed by atoms with E-state index < -0.39 is 0 Å². The van der Waals surface area contributed by atoms with Crippen LogP contribution < -0.4 is 5.32 Å². The molecule has 22 heavy (non-hydrogen) atoms. The van der Waals surface area contributed by atoms with Crippen molar-refractivity contribution in [2.24, 2.45) is 5.92 Å². The Balaban J connectivity index is 1.39. The highest BCUT2D eigenvalue weighted by molar-refractivity contribution is 6.31. The summed E-state index contributed by atoms with van der Waals surface area (Å²) >= 11 is 6.25. The molecule has 1 aromatic rings. The van der Waals surface area contributed by atoms with Crippen LogP contribution in [0.5, 0.6) is 0 Å². The summed E-state index contributed by atoms with van der Waals surface area (Å²) in [5, 5.41) is 4.50. The number of hydrogen-bond acceptors (Lipinski definition) is 2. The lowest BCUT2D eigenvalue weighted by molar-refractivity contribution is -0.133. The van der Waals surface area contributed by atoms with E-state index in [-0.39, 0.29) is 0 Å². The molecule has 2 saturated heterocycles. The third-order valence-electron chi connectivity index (χ3n) is 5.60. The first-order chi connectivity index (χ1) is 10.7. The van der Waals surface area contributed by atoms with Crippen LogP contribution in [0.3, 0.4) is 0 Å². The van der Waals surface area contributed by atoms with Crippen molar-refractivity contribution in [2.45, 2.75) is 57.2 Å². The molecule has 3 aliphatic rings. The Labute approximate surface area is 137 Å². The lowest BCUT2D eigenvalue weighted by Gasteiger charge is -2.33. The number of fused-ring (bicyclic) bond motifs is 3. The van der Waals surface area contributed by atoms with Crippen molar-refractivity contribution in [3.05, 3.63) is 34.3 Å². The summed E-state index contributed by atoms with van der Waals surface area (Å²) in [5.74, 6) is 0.906. The molecule has 118 valence electrons. The zero-order valence-corrected chi connectivity index (χ0v) is 13.6. The number of rotatable bonds is 2. The molecule has 2 atom stereocenters. The van der Waals surface area contributed by atoms with Crippen LogP contribution in [0.15, 0.2) is 18.2 Å². The highest BCUT2D eigenvalue weighted by atomic mass is 35.5. The Kier molecular flexibility index (Phi) is 3.87. The first-order valence-electron chi connectivity index (χ1n) is 8.49. The Bertz CT molecular complexity index is 576. The number of nitrogens with zero attached hydrogens (tertiary/aromatic N) is 1. The van der Waals surface area contributed by atoms with Crippen molar-refractivity contribution in [1.82, 2.24) is 10.2 Å². The largest absolute Gasteiger partial charge is 0.338 e. The van der Waals surface area contributed by atoms with E-state index in [0.29, 0.717) is 23.9 Å².